The Morgan fingerprint density at radius 1 is 1.47 bits per heavy atom. The molecule has 0 amide bonds. The summed E-state index contributed by atoms with van der Waals surface area (Å²) >= 11 is 5.35. The van der Waals surface area contributed by atoms with Crippen molar-refractivity contribution >= 4 is 27.7 Å². The van der Waals surface area contributed by atoms with Crippen LogP contribution in [0.25, 0.3) is 0 Å². The Labute approximate surface area is 103 Å². The molecule has 0 bridgehead atoms. The van der Waals surface area contributed by atoms with Gasteiger partial charge < -0.3 is 4.74 Å². The number of ether oxygens (including phenoxy) is 1. The molecule has 0 atom stereocenters. The summed E-state index contributed by atoms with van der Waals surface area (Å²) in [6.07, 6.45) is 4.83. The van der Waals surface area contributed by atoms with Crippen LogP contribution in [0.3, 0.4) is 0 Å². The van der Waals surface area contributed by atoms with E-state index in [0.29, 0.717) is 6.10 Å². The number of aromatic nitrogens is 1. The van der Waals surface area contributed by atoms with E-state index in [1.54, 1.807) is 0 Å². The highest BCUT2D eigenvalue weighted by atomic mass is 79.9. The second-order valence-corrected chi connectivity index (χ2v) is 5.78. The third kappa shape index (κ3) is 2.67. The fraction of sp³-hybridized carbons (Fsp3) is 0.545. The van der Waals surface area contributed by atoms with E-state index in [4.69, 9.17) is 4.74 Å². The minimum atomic E-state index is 0.371. The van der Waals surface area contributed by atoms with E-state index >= 15 is 0 Å². The first-order valence-electron chi connectivity index (χ1n) is 5.01. The number of aryl methyl sites for hydroxylation is 1. The zero-order valence-electron chi connectivity index (χ0n) is 8.87. The first kappa shape index (κ1) is 11.3. The van der Waals surface area contributed by atoms with Crippen molar-refractivity contribution in [2.75, 3.05) is 6.26 Å². The summed E-state index contributed by atoms with van der Waals surface area (Å²) in [5.41, 5.74) is 0.980. The predicted molar refractivity (Wildman–Crippen MR) is 67.6 cm³/mol. The van der Waals surface area contributed by atoms with Crippen LogP contribution in [-0.2, 0) is 0 Å². The third-order valence-electron chi connectivity index (χ3n) is 2.67. The Bertz CT molecular complexity index is 352. The highest BCUT2D eigenvalue weighted by Crippen LogP contribution is 2.33. The molecule has 1 aromatic rings. The molecule has 2 nitrogen and oxygen atoms in total. The van der Waals surface area contributed by atoms with Crippen molar-refractivity contribution in [1.29, 1.82) is 0 Å². The van der Waals surface area contributed by atoms with Crippen LogP contribution in [0.5, 0.6) is 5.88 Å². The number of halogens is 1. The van der Waals surface area contributed by atoms with Crippen LogP contribution in [0.2, 0.25) is 0 Å². The zero-order chi connectivity index (χ0) is 10.8. The summed E-state index contributed by atoms with van der Waals surface area (Å²) in [5, 5.41) is 0.784. The van der Waals surface area contributed by atoms with Gasteiger partial charge in [0.15, 0.2) is 0 Å². The molecule has 82 valence electrons. The van der Waals surface area contributed by atoms with Crippen LogP contribution in [0.4, 0.5) is 0 Å². The summed E-state index contributed by atoms with van der Waals surface area (Å²) in [6.45, 7) is 1.97. The van der Waals surface area contributed by atoms with Gasteiger partial charge in [-0.3, -0.25) is 0 Å². The van der Waals surface area contributed by atoms with Gasteiger partial charge in [0, 0.05) is 15.8 Å². The lowest BCUT2D eigenvalue weighted by Crippen LogP contribution is -2.35. The van der Waals surface area contributed by atoms with Crippen molar-refractivity contribution < 1.29 is 4.74 Å². The summed E-state index contributed by atoms with van der Waals surface area (Å²) in [6, 6.07) is 3.91. The Morgan fingerprint density at radius 2 is 2.20 bits per heavy atom. The van der Waals surface area contributed by atoms with Gasteiger partial charge in [0.1, 0.15) is 6.10 Å². The van der Waals surface area contributed by atoms with Gasteiger partial charge in [0.25, 0.3) is 0 Å². The normalized spacial score (nSPS) is 24.7. The molecule has 2 rings (SSSR count). The molecule has 0 radical (unpaired) electrons. The van der Waals surface area contributed by atoms with Gasteiger partial charge in [-0.25, -0.2) is 4.98 Å². The van der Waals surface area contributed by atoms with Crippen molar-refractivity contribution in [3.05, 3.63) is 22.3 Å². The first-order valence-corrected chi connectivity index (χ1v) is 7.09. The van der Waals surface area contributed by atoms with Crippen molar-refractivity contribution in [2.24, 2.45) is 0 Å². The minimum absolute atomic E-state index is 0.371. The standard InChI is InChI=1S/C11H14BrNOS/c1-7-10(12)3-4-11(13-7)14-8-5-9(6-8)15-2/h3-4,8-9H,5-6H2,1-2H3/t8-,9-. The van der Waals surface area contributed by atoms with E-state index in [1.807, 2.05) is 30.8 Å². The van der Waals surface area contributed by atoms with Crippen LogP contribution in [0.1, 0.15) is 18.5 Å². The second kappa shape index (κ2) is 4.74. The summed E-state index contributed by atoms with van der Waals surface area (Å²) in [4.78, 5) is 4.37. The number of rotatable bonds is 3. The molecule has 0 aliphatic heterocycles. The van der Waals surface area contributed by atoms with Crippen LogP contribution >= 0.6 is 27.7 Å². The third-order valence-corrected chi connectivity index (χ3v) is 4.56. The van der Waals surface area contributed by atoms with E-state index in [2.05, 4.69) is 27.2 Å². The van der Waals surface area contributed by atoms with Crippen LogP contribution in [-0.4, -0.2) is 22.6 Å². The molecule has 1 fully saturated rings. The highest BCUT2D eigenvalue weighted by Gasteiger charge is 2.30. The molecule has 4 heteroatoms. The van der Waals surface area contributed by atoms with Gasteiger partial charge in [0.05, 0.1) is 5.69 Å². The van der Waals surface area contributed by atoms with E-state index in [0.717, 1.165) is 34.1 Å². The molecule has 1 aliphatic carbocycles. The lowest BCUT2D eigenvalue weighted by Gasteiger charge is -2.33. The molecular formula is C11H14BrNOS. The molecule has 1 saturated carbocycles. The smallest absolute Gasteiger partial charge is 0.213 e. The van der Waals surface area contributed by atoms with Gasteiger partial charge in [-0.05, 0) is 48.0 Å². The fourth-order valence-corrected chi connectivity index (χ4v) is 2.60. The van der Waals surface area contributed by atoms with Crippen LogP contribution in [0, 0.1) is 6.92 Å². The topological polar surface area (TPSA) is 22.1 Å². The van der Waals surface area contributed by atoms with Gasteiger partial charge in [-0.2, -0.15) is 11.8 Å². The van der Waals surface area contributed by atoms with Gasteiger partial charge in [-0.1, -0.05) is 0 Å². The molecular weight excluding hydrogens is 274 g/mol. The average Bonchev–Trinajstić information content (AvgIpc) is 2.16. The first-order chi connectivity index (χ1) is 7.19. The number of nitrogens with zero attached hydrogens (tertiary/aromatic N) is 1. The largest absolute Gasteiger partial charge is 0.474 e. The maximum atomic E-state index is 5.77. The highest BCUT2D eigenvalue weighted by molar-refractivity contribution is 9.10. The number of hydrogen-bond acceptors (Lipinski definition) is 3. The molecule has 1 aliphatic rings. The van der Waals surface area contributed by atoms with E-state index < -0.39 is 0 Å². The molecule has 1 heterocycles. The monoisotopic (exact) mass is 287 g/mol. The van der Waals surface area contributed by atoms with Gasteiger partial charge in [0.2, 0.25) is 5.88 Å². The SMILES string of the molecule is CS[C@H]1C[C@H](Oc2ccc(Br)c(C)n2)C1. The maximum absolute atomic E-state index is 5.77. The Morgan fingerprint density at radius 3 is 2.80 bits per heavy atom. The molecule has 0 spiro atoms. The quantitative estimate of drug-likeness (QED) is 0.850. The summed E-state index contributed by atoms with van der Waals surface area (Å²) < 4.78 is 6.81. The summed E-state index contributed by atoms with van der Waals surface area (Å²) in [5.74, 6) is 0.750. The van der Waals surface area contributed by atoms with E-state index in [9.17, 15) is 0 Å². The summed E-state index contributed by atoms with van der Waals surface area (Å²) in [7, 11) is 0. The van der Waals surface area contributed by atoms with Crippen LogP contribution < -0.4 is 4.74 Å². The number of thioether (sulfide) groups is 1. The number of pyridine rings is 1. The average molecular weight is 288 g/mol. The fourth-order valence-electron chi connectivity index (χ4n) is 1.56. The van der Waals surface area contributed by atoms with Gasteiger partial charge >= 0.3 is 0 Å². The zero-order valence-corrected chi connectivity index (χ0v) is 11.3. The number of hydrogen-bond donors (Lipinski definition) is 0. The lowest BCUT2D eigenvalue weighted by molar-refractivity contribution is 0.120. The molecule has 15 heavy (non-hydrogen) atoms. The minimum Gasteiger partial charge on any atom is -0.474 e. The lowest BCUT2D eigenvalue weighted by atomic mass is 9.95. The van der Waals surface area contributed by atoms with Crippen molar-refractivity contribution in [3.63, 3.8) is 0 Å². The Hall–Kier alpha value is -0.220. The van der Waals surface area contributed by atoms with Crippen molar-refractivity contribution in [1.82, 2.24) is 4.98 Å². The molecule has 0 aromatic carbocycles. The molecule has 1 aromatic heterocycles. The van der Waals surface area contributed by atoms with E-state index in [1.165, 1.54) is 0 Å². The van der Waals surface area contributed by atoms with Gasteiger partial charge in [-0.15, -0.1) is 0 Å². The molecule has 0 unspecified atom stereocenters. The second-order valence-electron chi connectivity index (χ2n) is 3.79. The Kier molecular flexibility index (Phi) is 3.57. The van der Waals surface area contributed by atoms with Crippen molar-refractivity contribution in [3.8, 4) is 5.88 Å². The van der Waals surface area contributed by atoms with E-state index in [-0.39, 0.29) is 0 Å². The maximum Gasteiger partial charge on any atom is 0.213 e. The molecule has 0 N–H and O–H groups in total. The van der Waals surface area contributed by atoms with Crippen LogP contribution in [0.15, 0.2) is 16.6 Å². The Balaban J connectivity index is 1.92. The molecule has 0 saturated heterocycles. The predicted octanol–water partition coefficient (Wildman–Crippen LogP) is 3.43. The van der Waals surface area contributed by atoms with Crippen molar-refractivity contribution in [2.45, 2.75) is 31.1 Å².